The molecule has 0 unspecified atom stereocenters. The first-order valence-electron chi connectivity index (χ1n) is 12.6. The summed E-state index contributed by atoms with van der Waals surface area (Å²) in [5.74, 6) is 0. The van der Waals surface area contributed by atoms with E-state index in [-0.39, 0.29) is 28.9 Å². The van der Waals surface area contributed by atoms with E-state index in [0.717, 1.165) is 25.7 Å². The number of hydrogen-bond donors (Lipinski definition) is 1. The van der Waals surface area contributed by atoms with E-state index < -0.39 is 16.6 Å². The van der Waals surface area contributed by atoms with Crippen LogP contribution in [0.15, 0.2) is 30.3 Å². The highest BCUT2D eigenvalue weighted by Crippen LogP contribution is 2.40. The Hall–Kier alpha value is -0.466. The molecule has 0 heterocycles. The molecule has 0 spiro atoms. The van der Waals surface area contributed by atoms with Crippen LogP contribution >= 0.6 is 0 Å². The number of rotatable bonds is 13. The van der Waals surface area contributed by atoms with E-state index in [1.54, 1.807) is 0 Å². The van der Waals surface area contributed by atoms with Gasteiger partial charge in [0, 0.05) is 18.8 Å². The molecule has 1 N–H and O–H groups in total. The summed E-state index contributed by atoms with van der Waals surface area (Å²) < 4.78 is 13.7. The van der Waals surface area contributed by atoms with Crippen LogP contribution < -0.4 is 0 Å². The van der Waals surface area contributed by atoms with Crippen LogP contribution in [0.4, 0.5) is 0 Å². The summed E-state index contributed by atoms with van der Waals surface area (Å²) in [6.45, 7) is 23.2. The van der Waals surface area contributed by atoms with Crippen molar-refractivity contribution in [3.63, 3.8) is 0 Å². The first-order valence-corrected chi connectivity index (χ1v) is 18.4. The fourth-order valence-corrected chi connectivity index (χ4v) is 6.22. The van der Waals surface area contributed by atoms with Crippen molar-refractivity contribution >= 4 is 16.6 Å². The summed E-state index contributed by atoms with van der Waals surface area (Å²) in [5.41, 5.74) is 1.41. The van der Waals surface area contributed by atoms with Gasteiger partial charge in [0.2, 0.25) is 0 Å². The normalized spacial score (nSPS) is 15.6. The molecule has 0 radical (unpaired) electrons. The van der Waals surface area contributed by atoms with Gasteiger partial charge in [-0.1, -0.05) is 78.3 Å². The van der Waals surface area contributed by atoms with Gasteiger partial charge in [-0.2, -0.15) is 0 Å². The molecule has 186 valence electrons. The lowest BCUT2D eigenvalue weighted by Gasteiger charge is -2.42. The number of hydrogen-bond acceptors (Lipinski definition) is 3. The zero-order valence-corrected chi connectivity index (χ0v) is 24.8. The monoisotopic (exact) mass is 480 g/mol. The Morgan fingerprint density at radius 2 is 1.22 bits per heavy atom. The van der Waals surface area contributed by atoms with Gasteiger partial charge in [0.1, 0.15) is 0 Å². The van der Waals surface area contributed by atoms with E-state index in [1.165, 1.54) is 12.0 Å². The standard InChI is InChI=1S/C27H52O3Si2/c1-26(2,3)31(7,8)29-24(19-15-14-18-23-16-12-11-13-17-23)22-25(20-21-28)30-32(9,10)27(4,5)6/h11-13,16-17,24-25,28H,14-15,18-22H2,1-10H3/t24-,25+/m1/s1. The quantitative estimate of drug-likeness (QED) is 0.230. The van der Waals surface area contributed by atoms with Gasteiger partial charge in [-0.05, 0) is 73.9 Å². The molecule has 0 aliphatic rings. The zero-order chi connectivity index (χ0) is 24.6. The number of unbranched alkanes of at least 4 members (excludes halogenated alkanes) is 1. The Balaban J connectivity index is 2.88. The minimum atomic E-state index is -1.90. The summed E-state index contributed by atoms with van der Waals surface area (Å²) in [6, 6.07) is 10.8. The highest BCUT2D eigenvalue weighted by Gasteiger charge is 2.42. The lowest BCUT2D eigenvalue weighted by Crippen LogP contribution is -2.47. The van der Waals surface area contributed by atoms with Crippen molar-refractivity contribution in [2.75, 3.05) is 6.61 Å². The predicted molar refractivity (Wildman–Crippen MR) is 144 cm³/mol. The van der Waals surface area contributed by atoms with Crippen molar-refractivity contribution in [2.45, 2.75) is 129 Å². The van der Waals surface area contributed by atoms with Crippen LogP contribution in [0, 0.1) is 0 Å². The zero-order valence-electron chi connectivity index (χ0n) is 22.8. The van der Waals surface area contributed by atoms with Gasteiger partial charge in [-0.3, -0.25) is 0 Å². The summed E-state index contributed by atoms with van der Waals surface area (Å²) in [4.78, 5) is 0. The molecule has 0 amide bonds. The molecule has 1 rings (SSSR count). The molecule has 0 saturated heterocycles. The summed E-state index contributed by atoms with van der Waals surface area (Å²) in [7, 11) is -3.79. The second kappa shape index (κ2) is 12.3. The molecule has 0 aliphatic carbocycles. The average molecular weight is 481 g/mol. The third kappa shape index (κ3) is 9.80. The van der Waals surface area contributed by atoms with Crippen molar-refractivity contribution in [1.82, 2.24) is 0 Å². The third-order valence-electron chi connectivity index (χ3n) is 7.60. The van der Waals surface area contributed by atoms with Gasteiger partial charge < -0.3 is 14.0 Å². The molecule has 1 aromatic rings. The number of aliphatic hydroxyl groups excluding tert-OH is 1. The largest absolute Gasteiger partial charge is 0.414 e. The molecular formula is C27H52O3Si2. The first-order chi connectivity index (χ1) is 14.6. The molecule has 5 heteroatoms. The molecule has 0 aromatic heterocycles. The molecular weight excluding hydrogens is 428 g/mol. The van der Waals surface area contributed by atoms with Crippen molar-refractivity contribution < 1.29 is 14.0 Å². The Morgan fingerprint density at radius 3 is 1.66 bits per heavy atom. The number of aliphatic hydroxyl groups is 1. The maximum Gasteiger partial charge on any atom is 0.192 e. The van der Waals surface area contributed by atoms with Crippen LogP contribution in [0.3, 0.4) is 0 Å². The molecule has 2 atom stereocenters. The van der Waals surface area contributed by atoms with Crippen molar-refractivity contribution in [1.29, 1.82) is 0 Å². The Labute approximate surface area is 201 Å². The molecule has 1 aromatic carbocycles. The minimum absolute atomic E-state index is 0.0600. The van der Waals surface area contributed by atoms with Gasteiger partial charge >= 0.3 is 0 Å². The van der Waals surface area contributed by atoms with Gasteiger partial charge in [0.25, 0.3) is 0 Å². The number of aryl methyl sites for hydroxylation is 1. The van der Waals surface area contributed by atoms with Crippen LogP contribution in [0.2, 0.25) is 36.3 Å². The van der Waals surface area contributed by atoms with E-state index in [1.807, 2.05) is 0 Å². The second-order valence-electron chi connectivity index (χ2n) is 12.5. The Kier molecular flexibility index (Phi) is 11.4. The van der Waals surface area contributed by atoms with Gasteiger partial charge in [-0.15, -0.1) is 0 Å². The van der Waals surface area contributed by atoms with Crippen molar-refractivity contribution in [3.05, 3.63) is 35.9 Å². The molecule has 0 fully saturated rings. The maximum atomic E-state index is 9.75. The summed E-state index contributed by atoms with van der Waals surface area (Å²) in [6.07, 6.45) is 6.32. The Morgan fingerprint density at radius 1 is 0.750 bits per heavy atom. The van der Waals surface area contributed by atoms with Gasteiger partial charge in [-0.25, -0.2) is 0 Å². The smallest absolute Gasteiger partial charge is 0.192 e. The van der Waals surface area contributed by atoms with Crippen LogP contribution in [-0.4, -0.2) is 40.6 Å². The topological polar surface area (TPSA) is 38.7 Å². The molecule has 32 heavy (non-hydrogen) atoms. The lowest BCUT2D eigenvalue weighted by molar-refractivity contribution is 0.0701. The van der Waals surface area contributed by atoms with E-state index in [2.05, 4.69) is 98.1 Å². The van der Waals surface area contributed by atoms with Crippen LogP contribution in [-0.2, 0) is 15.3 Å². The Bertz CT molecular complexity index is 645. The number of benzene rings is 1. The fourth-order valence-electron chi connectivity index (χ4n) is 3.42. The maximum absolute atomic E-state index is 9.75. The first kappa shape index (κ1) is 29.6. The van der Waals surface area contributed by atoms with E-state index in [0.29, 0.717) is 6.42 Å². The predicted octanol–water partition coefficient (Wildman–Crippen LogP) is 7.95. The average Bonchev–Trinajstić information content (AvgIpc) is 2.63. The van der Waals surface area contributed by atoms with Gasteiger partial charge in [0.15, 0.2) is 16.6 Å². The van der Waals surface area contributed by atoms with E-state index >= 15 is 0 Å². The summed E-state index contributed by atoms with van der Waals surface area (Å²) in [5, 5.41) is 10.1. The van der Waals surface area contributed by atoms with Gasteiger partial charge in [0.05, 0.1) is 0 Å². The van der Waals surface area contributed by atoms with E-state index in [9.17, 15) is 5.11 Å². The second-order valence-corrected chi connectivity index (χ2v) is 22.0. The molecule has 0 aliphatic heterocycles. The highest BCUT2D eigenvalue weighted by molar-refractivity contribution is 6.74. The SMILES string of the molecule is CC(C)(C)[Si](C)(C)O[C@H](CCCCc1ccccc1)C[C@H](CCO)O[Si](C)(C)C(C)(C)C. The lowest BCUT2D eigenvalue weighted by atomic mass is 10.0. The van der Waals surface area contributed by atoms with E-state index in [4.69, 9.17) is 8.85 Å². The molecule has 3 nitrogen and oxygen atoms in total. The van der Waals surface area contributed by atoms with Crippen LogP contribution in [0.1, 0.15) is 79.2 Å². The van der Waals surface area contributed by atoms with Crippen molar-refractivity contribution in [2.24, 2.45) is 0 Å². The van der Waals surface area contributed by atoms with Crippen molar-refractivity contribution in [3.8, 4) is 0 Å². The highest BCUT2D eigenvalue weighted by atomic mass is 28.4. The summed E-state index contributed by atoms with van der Waals surface area (Å²) >= 11 is 0. The van der Waals surface area contributed by atoms with Crippen LogP contribution in [0.5, 0.6) is 0 Å². The van der Waals surface area contributed by atoms with Crippen LogP contribution in [0.25, 0.3) is 0 Å². The minimum Gasteiger partial charge on any atom is -0.414 e. The fraction of sp³-hybridized carbons (Fsp3) is 0.778. The molecule has 0 bridgehead atoms. The third-order valence-corrected chi connectivity index (χ3v) is 16.7. The molecule has 0 saturated carbocycles.